The Morgan fingerprint density at radius 2 is 1.74 bits per heavy atom. The van der Waals surface area contributed by atoms with Crippen LogP contribution in [0.1, 0.15) is 31.1 Å². The first-order valence-corrected chi connectivity index (χ1v) is 13.8. The molecule has 0 aliphatic carbocycles. The molecule has 0 aliphatic heterocycles. The Balaban J connectivity index is 2.34. The van der Waals surface area contributed by atoms with Crippen molar-refractivity contribution in [2.75, 3.05) is 7.11 Å². The van der Waals surface area contributed by atoms with Crippen LogP contribution in [-0.2, 0) is 20.8 Å². The van der Waals surface area contributed by atoms with E-state index in [0.29, 0.717) is 11.2 Å². The highest BCUT2D eigenvalue weighted by Crippen LogP contribution is 2.31. The van der Waals surface area contributed by atoms with Crippen LogP contribution < -0.4 is 5.32 Å². The minimum Gasteiger partial charge on any atom is -0.465 e. The van der Waals surface area contributed by atoms with Gasteiger partial charge in [0.15, 0.2) is 0 Å². The minimum atomic E-state index is -1.97. The number of fused-ring (bicyclic) bond motifs is 1. The lowest BCUT2D eigenvalue weighted by Gasteiger charge is -2.24. The van der Waals surface area contributed by atoms with E-state index in [1.54, 1.807) is 0 Å². The lowest BCUT2D eigenvalue weighted by atomic mass is 10.1. The highest BCUT2D eigenvalue weighted by atomic mass is 28.3. The first-order chi connectivity index (χ1) is 14.4. The van der Waals surface area contributed by atoms with Crippen molar-refractivity contribution in [3.63, 3.8) is 0 Å². The molecular formula is C24H30N2O4Si. The third-order valence-corrected chi connectivity index (χ3v) is 6.74. The van der Waals surface area contributed by atoms with Crippen molar-refractivity contribution in [1.29, 1.82) is 0 Å². The molecular weight excluding hydrogens is 408 g/mol. The molecule has 3 aromatic rings. The first-order valence-electron chi connectivity index (χ1n) is 10.3. The quantitative estimate of drug-likeness (QED) is 0.437. The molecule has 0 amide bonds. The second-order valence-corrected chi connectivity index (χ2v) is 14.6. The molecule has 0 spiro atoms. The molecule has 2 heterocycles. The zero-order valence-electron chi connectivity index (χ0n) is 19.3. The summed E-state index contributed by atoms with van der Waals surface area (Å²) in [5.41, 5.74) is 2.50. The van der Waals surface area contributed by atoms with Crippen molar-refractivity contribution in [2.45, 2.75) is 52.6 Å². The molecule has 0 aliphatic rings. The van der Waals surface area contributed by atoms with Crippen LogP contribution >= 0.6 is 0 Å². The smallest absolute Gasteiger partial charge is 0.339 e. The molecule has 0 N–H and O–H groups in total. The Hall–Kier alpha value is -2.93. The van der Waals surface area contributed by atoms with Crippen molar-refractivity contribution in [1.82, 2.24) is 9.55 Å². The molecule has 7 heteroatoms. The van der Waals surface area contributed by atoms with Crippen molar-refractivity contribution >= 4 is 36.4 Å². The van der Waals surface area contributed by atoms with E-state index < -0.39 is 19.6 Å². The van der Waals surface area contributed by atoms with Gasteiger partial charge in [0.2, 0.25) is 0 Å². The van der Waals surface area contributed by atoms with Gasteiger partial charge in [-0.2, -0.15) is 0 Å². The summed E-state index contributed by atoms with van der Waals surface area (Å²) in [6.45, 7) is 12.3. The Kier molecular flexibility index (Phi) is 6.09. The van der Waals surface area contributed by atoms with Crippen molar-refractivity contribution in [2.24, 2.45) is 0 Å². The summed E-state index contributed by atoms with van der Waals surface area (Å²) in [6, 6.07) is 11.8. The second-order valence-electron chi connectivity index (χ2n) is 9.60. The van der Waals surface area contributed by atoms with Gasteiger partial charge in [0.05, 0.1) is 20.7 Å². The molecule has 6 nitrogen and oxygen atoms in total. The van der Waals surface area contributed by atoms with E-state index in [0.717, 1.165) is 21.8 Å². The van der Waals surface area contributed by atoms with Crippen LogP contribution in [0.4, 0.5) is 0 Å². The van der Waals surface area contributed by atoms with Gasteiger partial charge in [-0.25, -0.2) is 9.78 Å². The number of benzene rings is 1. The highest BCUT2D eigenvalue weighted by Gasteiger charge is 2.31. The third-order valence-electron chi connectivity index (χ3n) is 4.80. The minimum absolute atomic E-state index is 0.0603. The standard InChI is InChI=1S/C24H30N2O4Si/c1-24(2,3)30-19(27)15-26-21-18(13-17(14-25-21)23(28)29-4)20(22(26)31(5,6)7)16-11-9-8-10-12-16/h8-14H,15H2,1-7H3. The molecule has 31 heavy (non-hydrogen) atoms. The van der Waals surface area contributed by atoms with Crippen LogP contribution in [0.2, 0.25) is 19.6 Å². The highest BCUT2D eigenvalue weighted by molar-refractivity contribution is 6.89. The average molecular weight is 439 g/mol. The maximum Gasteiger partial charge on any atom is 0.339 e. The van der Waals surface area contributed by atoms with Crippen LogP contribution in [0, 0.1) is 0 Å². The molecule has 0 saturated heterocycles. The van der Waals surface area contributed by atoms with E-state index in [4.69, 9.17) is 9.47 Å². The molecule has 0 bridgehead atoms. The Morgan fingerprint density at radius 3 is 2.29 bits per heavy atom. The summed E-state index contributed by atoms with van der Waals surface area (Å²) in [6.07, 6.45) is 1.50. The summed E-state index contributed by atoms with van der Waals surface area (Å²) < 4.78 is 12.5. The monoisotopic (exact) mass is 438 g/mol. The molecule has 0 fully saturated rings. The average Bonchev–Trinajstić information content (AvgIpc) is 3.00. The fraction of sp³-hybridized carbons (Fsp3) is 0.375. The number of carbonyl (C=O) groups is 2. The lowest BCUT2D eigenvalue weighted by molar-refractivity contribution is -0.155. The maximum atomic E-state index is 12.8. The van der Waals surface area contributed by atoms with Crippen molar-refractivity contribution in [3.8, 4) is 11.1 Å². The Morgan fingerprint density at radius 1 is 1.10 bits per heavy atom. The van der Waals surface area contributed by atoms with E-state index in [1.807, 2.05) is 61.7 Å². The number of carbonyl (C=O) groups excluding carboxylic acids is 2. The first kappa shape index (κ1) is 22.7. The molecule has 1 aromatic carbocycles. The normalized spacial score (nSPS) is 12.1. The Bertz CT molecular complexity index is 1120. The summed E-state index contributed by atoms with van der Waals surface area (Å²) in [5.74, 6) is -0.759. The molecule has 3 rings (SSSR count). The Labute approximate surface area is 184 Å². The topological polar surface area (TPSA) is 70.4 Å². The maximum absolute atomic E-state index is 12.8. The molecule has 2 aromatic heterocycles. The predicted molar refractivity (Wildman–Crippen MR) is 125 cm³/mol. The van der Waals surface area contributed by atoms with Crippen LogP contribution in [0.25, 0.3) is 22.2 Å². The predicted octanol–water partition coefficient (Wildman–Crippen LogP) is 4.38. The molecule has 0 saturated carbocycles. The van der Waals surface area contributed by atoms with Crippen LogP contribution in [0.15, 0.2) is 42.6 Å². The van der Waals surface area contributed by atoms with E-state index in [-0.39, 0.29) is 12.5 Å². The summed E-state index contributed by atoms with van der Waals surface area (Å²) in [4.78, 5) is 29.6. The van der Waals surface area contributed by atoms with Crippen LogP contribution in [0.5, 0.6) is 0 Å². The van der Waals surface area contributed by atoms with Gasteiger partial charge < -0.3 is 14.0 Å². The van der Waals surface area contributed by atoms with E-state index in [2.05, 4.69) is 24.6 Å². The summed E-state index contributed by atoms with van der Waals surface area (Å²) >= 11 is 0. The van der Waals surface area contributed by atoms with E-state index in [9.17, 15) is 9.59 Å². The van der Waals surface area contributed by atoms with E-state index >= 15 is 0 Å². The van der Waals surface area contributed by atoms with Gasteiger partial charge in [-0.05, 0) is 32.4 Å². The zero-order valence-corrected chi connectivity index (χ0v) is 20.3. The lowest BCUT2D eigenvalue weighted by Crippen LogP contribution is -2.45. The van der Waals surface area contributed by atoms with Crippen LogP contribution in [-0.4, -0.2) is 42.3 Å². The number of pyridine rings is 1. The van der Waals surface area contributed by atoms with Gasteiger partial charge in [-0.15, -0.1) is 0 Å². The number of rotatable bonds is 5. The number of hydrogen-bond donors (Lipinski definition) is 0. The van der Waals surface area contributed by atoms with E-state index in [1.165, 1.54) is 13.3 Å². The largest absolute Gasteiger partial charge is 0.465 e. The second kappa shape index (κ2) is 8.30. The van der Waals surface area contributed by atoms with Gasteiger partial charge in [-0.1, -0.05) is 50.0 Å². The van der Waals surface area contributed by atoms with Crippen molar-refractivity contribution < 1.29 is 19.1 Å². The number of ether oxygens (including phenoxy) is 2. The molecule has 0 radical (unpaired) electrons. The van der Waals surface area contributed by atoms with Gasteiger partial charge >= 0.3 is 11.9 Å². The van der Waals surface area contributed by atoms with Gasteiger partial charge in [0.25, 0.3) is 0 Å². The molecule has 0 atom stereocenters. The van der Waals surface area contributed by atoms with Gasteiger partial charge in [-0.3, -0.25) is 4.79 Å². The van der Waals surface area contributed by atoms with Crippen molar-refractivity contribution in [3.05, 3.63) is 48.2 Å². The number of esters is 2. The zero-order chi connectivity index (χ0) is 23.0. The fourth-order valence-electron chi connectivity index (χ4n) is 3.79. The molecule has 164 valence electrons. The third kappa shape index (κ3) is 4.87. The van der Waals surface area contributed by atoms with Gasteiger partial charge in [0.1, 0.15) is 17.8 Å². The van der Waals surface area contributed by atoms with Crippen LogP contribution in [0.3, 0.4) is 0 Å². The molecule has 0 unspecified atom stereocenters. The number of nitrogens with zero attached hydrogens (tertiary/aromatic N) is 2. The number of hydrogen-bond acceptors (Lipinski definition) is 5. The number of aromatic nitrogens is 2. The van der Waals surface area contributed by atoms with Gasteiger partial charge in [0, 0.05) is 22.5 Å². The fourth-order valence-corrected chi connectivity index (χ4v) is 5.81. The summed E-state index contributed by atoms with van der Waals surface area (Å²) in [5, 5.41) is 1.92. The number of methoxy groups -OCH3 is 1. The summed E-state index contributed by atoms with van der Waals surface area (Å²) in [7, 11) is -0.615. The SMILES string of the molecule is COC(=O)c1cnc2c(c1)c(-c1ccccc1)c([Si](C)(C)C)n2CC(=O)OC(C)(C)C.